The average Bonchev–Trinajstić information content (AvgIpc) is 3.41. The van der Waals surface area contributed by atoms with Crippen molar-refractivity contribution in [2.45, 2.75) is 71.1 Å². The Morgan fingerprint density at radius 1 is 1.34 bits per heavy atom. The zero-order valence-electron chi connectivity index (χ0n) is 17.2. The molecule has 1 aliphatic heterocycles. The van der Waals surface area contributed by atoms with E-state index in [0.717, 1.165) is 37.9 Å². The van der Waals surface area contributed by atoms with Crippen molar-refractivity contribution in [3.63, 3.8) is 0 Å². The average molecular weight is 409 g/mol. The molecule has 1 N–H and O–H groups in total. The lowest BCUT2D eigenvalue weighted by Gasteiger charge is -2.39. The maximum atomic E-state index is 13.6. The number of halogens is 3. The van der Waals surface area contributed by atoms with Crippen molar-refractivity contribution in [2.75, 3.05) is 13.1 Å². The highest BCUT2D eigenvalue weighted by Crippen LogP contribution is 2.46. The summed E-state index contributed by atoms with van der Waals surface area (Å²) in [7, 11) is 0. The predicted octanol–water partition coefficient (Wildman–Crippen LogP) is 4.18. The van der Waals surface area contributed by atoms with Crippen LogP contribution in [0.5, 0.6) is 0 Å². The second-order valence-corrected chi connectivity index (χ2v) is 9.41. The summed E-state index contributed by atoms with van der Waals surface area (Å²) in [5.41, 5.74) is 0.0402. The summed E-state index contributed by atoms with van der Waals surface area (Å²) in [6, 6.07) is 1.52. The first-order valence-corrected chi connectivity index (χ1v) is 10.8. The van der Waals surface area contributed by atoms with E-state index in [2.05, 4.69) is 24.1 Å². The van der Waals surface area contributed by atoms with Crippen molar-refractivity contribution >= 4 is 5.91 Å². The topological polar surface area (TPSA) is 45.2 Å². The van der Waals surface area contributed by atoms with Crippen LogP contribution in [0.1, 0.15) is 62.8 Å². The molecule has 160 valence electrons. The molecular formula is C22H30F3N3O. The Kier molecular flexibility index (Phi) is 5.38. The molecule has 1 aromatic heterocycles. The molecule has 1 aromatic rings. The summed E-state index contributed by atoms with van der Waals surface area (Å²) in [4.78, 5) is 19.4. The third-order valence-electron chi connectivity index (χ3n) is 7.13. The van der Waals surface area contributed by atoms with Crippen molar-refractivity contribution in [2.24, 2.45) is 17.3 Å². The van der Waals surface area contributed by atoms with Gasteiger partial charge in [-0.25, -0.2) is 0 Å². The molecule has 0 saturated heterocycles. The number of amides is 1. The SMILES string of the molecule is CC(C)[C@]1(C(=O)N2CCc3ncc(C(F)(F)F)cc3C2)CC[C@@H](NCC2CC2)C1. The Morgan fingerprint density at radius 3 is 2.76 bits per heavy atom. The maximum Gasteiger partial charge on any atom is 0.417 e. The maximum absolute atomic E-state index is 13.6. The molecule has 0 aromatic carbocycles. The smallest absolute Gasteiger partial charge is 0.337 e. The van der Waals surface area contributed by atoms with Gasteiger partial charge in [-0.2, -0.15) is 13.2 Å². The molecule has 0 spiro atoms. The normalized spacial score (nSPS) is 27.4. The van der Waals surface area contributed by atoms with Crippen LogP contribution >= 0.6 is 0 Å². The minimum absolute atomic E-state index is 0.103. The monoisotopic (exact) mass is 409 g/mol. The van der Waals surface area contributed by atoms with Crippen molar-refractivity contribution in [3.05, 3.63) is 29.1 Å². The standard InChI is InChI=1S/C22H30F3N3O/c1-14(2)21(7-5-18(10-21)26-11-15-3-4-15)20(29)28-8-6-19-16(13-28)9-17(12-27-19)22(23,24)25/h9,12,14-15,18,26H,3-8,10-11,13H2,1-2H3/t18-,21+/m1/s1. The summed E-state index contributed by atoms with van der Waals surface area (Å²) in [6.07, 6.45) is 2.25. The van der Waals surface area contributed by atoms with Gasteiger partial charge in [0.05, 0.1) is 11.0 Å². The van der Waals surface area contributed by atoms with Crippen molar-refractivity contribution in [1.82, 2.24) is 15.2 Å². The first kappa shape index (κ1) is 20.6. The zero-order valence-corrected chi connectivity index (χ0v) is 17.2. The first-order valence-electron chi connectivity index (χ1n) is 10.8. The molecule has 2 aliphatic carbocycles. The molecule has 2 saturated carbocycles. The molecule has 2 atom stereocenters. The van der Waals surface area contributed by atoms with Gasteiger partial charge in [-0.3, -0.25) is 9.78 Å². The Bertz CT molecular complexity index is 775. The minimum Gasteiger partial charge on any atom is -0.337 e. The van der Waals surface area contributed by atoms with Gasteiger partial charge in [0, 0.05) is 37.4 Å². The molecule has 2 heterocycles. The highest BCUT2D eigenvalue weighted by molar-refractivity contribution is 5.83. The third-order valence-corrected chi connectivity index (χ3v) is 7.13. The minimum atomic E-state index is -4.42. The van der Waals surface area contributed by atoms with E-state index in [0.29, 0.717) is 30.3 Å². The van der Waals surface area contributed by atoms with Gasteiger partial charge in [-0.1, -0.05) is 13.8 Å². The number of hydrogen-bond donors (Lipinski definition) is 1. The van der Waals surface area contributed by atoms with Crippen molar-refractivity contribution < 1.29 is 18.0 Å². The van der Waals surface area contributed by atoms with Crippen LogP contribution in [0.25, 0.3) is 0 Å². The Labute approximate surface area is 170 Å². The summed E-state index contributed by atoms with van der Waals surface area (Å²) in [6.45, 7) is 5.99. The Morgan fingerprint density at radius 2 is 2.10 bits per heavy atom. The van der Waals surface area contributed by atoms with E-state index in [9.17, 15) is 18.0 Å². The van der Waals surface area contributed by atoms with E-state index in [4.69, 9.17) is 0 Å². The van der Waals surface area contributed by atoms with Gasteiger partial charge >= 0.3 is 6.18 Å². The Hall–Kier alpha value is -1.63. The number of carbonyl (C=O) groups is 1. The number of alkyl halides is 3. The van der Waals surface area contributed by atoms with Crippen LogP contribution in [0.15, 0.2) is 12.3 Å². The van der Waals surface area contributed by atoms with Crippen LogP contribution in [0.2, 0.25) is 0 Å². The van der Waals surface area contributed by atoms with Crippen LogP contribution in [0, 0.1) is 17.3 Å². The van der Waals surface area contributed by atoms with E-state index in [1.165, 1.54) is 18.9 Å². The largest absolute Gasteiger partial charge is 0.417 e. The Balaban J connectivity index is 1.49. The lowest BCUT2D eigenvalue weighted by Crippen LogP contribution is -2.48. The van der Waals surface area contributed by atoms with Gasteiger partial charge in [-0.15, -0.1) is 0 Å². The summed E-state index contributed by atoms with van der Waals surface area (Å²) in [5.74, 6) is 1.10. The summed E-state index contributed by atoms with van der Waals surface area (Å²) < 4.78 is 39.2. The molecule has 4 rings (SSSR count). The second-order valence-electron chi connectivity index (χ2n) is 9.41. The highest BCUT2D eigenvalue weighted by atomic mass is 19.4. The second kappa shape index (κ2) is 7.56. The fourth-order valence-electron chi connectivity index (χ4n) is 4.94. The molecule has 7 heteroatoms. The molecule has 2 fully saturated rings. The number of fused-ring (bicyclic) bond motifs is 1. The van der Waals surface area contributed by atoms with E-state index in [1.807, 2.05) is 0 Å². The fraction of sp³-hybridized carbons (Fsp3) is 0.727. The van der Waals surface area contributed by atoms with E-state index >= 15 is 0 Å². The van der Waals surface area contributed by atoms with Crippen LogP contribution in [-0.4, -0.2) is 34.9 Å². The van der Waals surface area contributed by atoms with Gasteiger partial charge < -0.3 is 10.2 Å². The van der Waals surface area contributed by atoms with Crippen molar-refractivity contribution in [3.8, 4) is 0 Å². The van der Waals surface area contributed by atoms with Gasteiger partial charge in [0.15, 0.2) is 0 Å². The van der Waals surface area contributed by atoms with Crippen LogP contribution in [0.4, 0.5) is 13.2 Å². The number of aromatic nitrogens is 1. The molecule has 0 bridgehead atoms. The molecule has 1 amide bonds. The van der Waals surface area contributed by atoms with Gasteiger partial charge in [0.1, 0.15) is 0 Å². The molecule has 3 aliphatic rings. The molecule has 0 unspecified atom stereocenters. The lowest BCUT2D eigenvalue weighted by atomic mass is 9.74. The number of hydrogen-bond acceptors (Lipinski definition) is 3. The molecule has 0 radical (unpaired) electrons. The molecule has 4 nitrogen and oxygen atoms in total. The van der Waals surface area contributed by atoms with Gasteiger partial charge in [-0.05, 0) is 62.1 Å². The van der Waals surface area contributed by atoms with Crippen molar-refractivity contribution in [1.29, 1.82) is 0 Å². The lowest BCUT2D eigenvalue weighted by molar-refractivity contribution is -0.145. The third kappa shape index (κ3) is 4.16. The number of rotatable bonds is 5. The summed E-state index contributed by atoms with van der Waals surface area (Å²) >= 11 is 0. The van der Waals surface area contributed by atoms with Gasteiger partial charge in [0.2, 0.25) is 5.91 Å². The predicted molar refractivity (Wildman–Crippen MR) is 104 cm³/mol. The molecule has 29 heavy (non-hydrogen) atoms. The van der Waals surface area contributed by atoms with Crippen LogP contribution in [0.3, 0.4) is 0 Å². The fourth-order valence-corrected chi connectivity index (χ4v) is 4.94. The van der Waals surface area contributed by atoms with E-state index < -0.39 is 17.2 Å². The van der Waals surface area contributed by atoms with Crippen LogP contribution < -0.4 is 5.32 Å². The number of nitrogens with one attached hydrogen (secondary N) is 1. The number of nitrogens with zero attached hydrogens (tertiary/aromatic N) is 2. The van der Waals surface area contributed by atoms with E-state index in [-0.39, 0.29) is 18.4 Å². The van der Waals surface area contributed by atoms with Crippen LogP contribution in [-0.2, 0) is 23.9 Å². The molecular weight excluding hydrogens is 379 g/mol. The quantitative estimate of drug-likeness (QED) is 0.794. The summed E-state index contributed by atoms with van der Waals surface area (Å²) in [5, 5.41) is 3.64. The zero-order chi connectivity index (χ0) is 20.8. The van der Waals surface area contributed by atoms with Gasteiger partial charge in [0.25, 0.3) is 0 Å². The highest BCUT2D eigenvalue weighted by Gasteiger charge is 2.49. The number of pyridine rings is 1. The first-order chi connectivity index (χ1) is 13.7. The van der Waals surface area contributed by atoms with E-state index in [1.54, 1.807) is 4.90 Å². The number of carbonyl (C=O) groups excluding carboxylic acids is 1.